The molecule has 0 radical (unpaired) electrons. The Hall–Kier alpha value is -2.83. The monoisotopic (exact) mass is 355 g/mol. The van der Waals surface area contributed by atoms with Crippen molar-refractivity contribution in [2.24, 2.45) is 11.0 Å². The van der Waals surface area contributed by atoms with E-state index in [0.29, 0.717) is 17.6 Å². The summed E-state index contributed by atoms with van der Waals surface area (Å²) in [6.45, 7) is 5.73. The Labute approximate surface area is 153 Å². The maximum atomic E-state index is 12.4. The number of hydrogen-bond acceptors (Lipinski definition) is 5. The fraction of sp³-hybridized carbons (Fsp3) is 0.421. The van der Waals surface area contributed by atoms with Crippen molar-refractivity contribution in [3.8, 4) is 5.75 Å². The number of nitrogens with zero attached hydrogens (tertiary/aromatic N) is 4. The summed E-state index contributed by atoms with van der Waals surface area (Å²) in [5, 5.41) is 4.31. The molecule has 0 spiro atoms. The second-order valence-electron chi connectivity index (χ2n) is 6.72. The first-order chi connectivity index (χ1) is 12.5. The van der Waals surface area contributed by atoms with Crippen molar-refractivity contribution >= 4 is 18.1 Å². The van der Waals surface area contributed by atoms with Gasteiger partial charge < -0.3 is 15.4 Å². The summed E-state index contributed by atoms with van der Waals surface area (Å²) in [6.07, 6.45) is 5.51. The first-order valence-electron chi connectivity index (χ1n) is 8.88. The fourth-order valence-corrected chi connectivity index (χ4v) is 2.93. The molecule has 3 rings (SSSR count). The van der Waals surface area contributed by atoms with E-state index in [0.717, 1.165) is 37.2 Å². The molecule has 1 aromatic heterocycles. The quantitative estimate of drug-likeness (QED) is 0.834. The van der Waals surface area contributed by atoms with Gasteiger partial charge >= 0.3 is 0 Å². The lowest BCUT2D eigenvalue weighted by molar-refractivity contribution is -0.134. The number of nitrogens with two attached hydrogens (primary N) is 1. The number of benzene rings is 1. The van der Waals surface area contributed by atoms with E-state index in [4.69, 9.17) is 10.5 Å². The fourth-order valence-electron chi connectivity index (χ4n) is 2.93. The van der Waals surface area contributed by atoms with E-state index in [9.17, 15) is 4.79 Å². The van der Waals surface area contributed by atoms with Crippen molar-refractivity contribution in [2.75, 3.05) is 25.4 Å². The summed E-state index contributed by atoms with van der Waals surface area (Å²) in [5.74, 6) is 1.66. The van der Waals surface area contributed by atoms with Crippen LogP contribution in [0.5, 0.6) is 5.75 Å². The molecule has 2 heterocycles. The van der Waals surface area contributed by atoms with Gasteiger partial charge in [0.1, 0.15) is 5.75 Å². The van der Waals surface area contributed by atoms with Gasteiger partial charge in [-0.1, -0.05) is 19.1 Å². The number of carbonyl (C=O) groups excluding carboxylic acids is 1. The van der Waals surface area contributed by atoms with Crippen LogP contribution >= 0.6 is 0 Å². The molecule has 0 aliphatic carbocycles. The smallest absolute Gasteiger partial charge is 0.260 e. The zero-order chi connectivity index (χ0) is 18.5. The van der Waals surface area contributed by atoms with Gasteiger partial charge in [-0.05, 0) is 37.8 Å². The maximum Gasteiger partial charge on any atom is 0.260 e. The van der Waals surface area contributed by atoms with Crippen LogP contribution in [0.15, 0.2) is 35.6 Å². The first kappa shape index (κ1) is 18.0. The lowest BCUT2D eigenvalue weighted by atomic mass is 9.99. The number of aromatic nitrogens is 2. The van der Waals surface area contributed by atoms with Gasteiger partial charge in [-0.3, -0.25) is 4.79 Å². The van der Waals surface area contributed by atoms with Crippen LogP contribution in [-0.4, -0.2) is 46.4 Å². The van der Waals surface area contributed by atoms with Crippen LogP contribution in [0.3, 0.4) is 0 Å². The number of carbonyl (C=O) groups is 1. The zero-order valence-corrected chi connectivity index (χ0v) is 15.3. The largest absolute Gasteiger partial charge is 0.483 e. The summed E-state index contributed by atoms with van der Waals surface area (Å²) >= 11 is 0. The molecule has 7 heteroatoms. The van der Waals surface area contributed by atoms with Crippen molar-refractivity contribution in [1.29, 1.82) is 0 Å². The SMILES string of the molecule is Cc1cn(N=Cc2ccccc2OCC(=O)N2CCC(C)CC2)c(N)n1. The summed E-state index contributed by atoms with van der Waals surface area (Å²) in [6, 6.07) is 7.47. The molecule has 1 aromatic carbocycles. The lowest BCUT2D eigenvalue weighted by Crippen LogP contribution is -2.40. The highest BCUT2D eigenvalue weighted by Gasteiger charge is 2.20. The zero-order valence-electron chi connectivity index (χ0n) is 15.3. The minimum atomic E-state index is 0.0260. The molecular formula is C19H25N5O2. The van der Waals surface area contributed by atoms with E-state index in [1.165, 1.54) is 4.68 Å². The Balaban J connectivity index is 1.64. The molecule has 1 aliphatic rings. The summed E-state index contributed by atoms with van der Waals surface area (Å²) in [7, 11) is 0. The average molecular weight is 355 g/mol. The molecule has 138 valence electrons. The topological polar surface area (TPSA) is 85.7 Å². The Kier molecular flexibility index (Phi) is 5.55. The Morgan fingerprint density at radius 2 is 2.12 bits per heavy atom. The molecule has 7 nitrogen and oxygen atoms in total. The second-order valence-corrected chi connectivity index (χ2v) is 6.72. The Morgan fingerprint density at radius 1 is 1.38 bits per heavy atom. The van der Waals surface area contributed by atoms with Crippen molar-refractivity contribution in [2.45, 2.75) is 26.7 Å². The number of nitrogen functional groups attached to an aromatic ring is 1. The van der Waals surface area contributed by atoms with Gasteiger partial charge in [0.25, 0.3) is 5.91 Å². The van der Waals surface area contributed by atoms with Crippen molar-refractivity contribution in [1.82, 2.24) is 14.6 Å². The Bertz CT molecular complexity index is 791. The van der Waals surface area contributed by atoms with E-state index in [-0.39, 0.29) is 12.5 Å². The van der Waals surface area contributed by atoms with Crippen LogP contribution < -0.4 is 10.5 Å². The van der Waals surface area contributed by atoms with Crippen LogP contribution in [0.4, 0.5) is 5.95 Å². The van der Waals surface area contributed by atoms with Crippen LogP contribution in [0, 0.1) is 12.8 Å². The van der Waals surface area contributed by atoms with Crippen LogP contribution in [-0.2, 0) is 4.79 Å². The molecule has 0 bridgehead atoms. The first-order valence-corrected chi connectivity index (χ1v) is 8.88. The molecule has 0 saturated carbocycles. The molecular weight excluding hydrogens is 330 g/mol. The van der Waals surface area contributed by atoms with Crippen LogP contribution in [0.2, 0.25) is 0 Å². The lowest BCUT2D eigenvalue weighted by Gasteiger charge is -2.30. The number of amides is 1. The van der Waals surface area contributed by atoms with Crippen LogP contribution in [0.1, 0.15) is 31.0 Å². The molecule has 0 atom stereocenters. The third-order valence-electron chi connectivity index (χ3n) is 4.56. The highest BCUT2D eigenvalue weighted by atomic mass is 16.5. The van der Waals surface area contributed by atoms with Crippen molar-refractivity contribution < 1.29 is 9.53 Å². The summed E-state index contributed by atoms with van der Waals surface area (Å²) < 4.78 is 7.27. The minimum Gasteiger partial charge on any atom is -0.483 e. The van der Waals surface area contributed by atoms with Gasteiger partial charge in [0, 0.05) is 18.7 Å². The molecule has 0 unspecified atom stereocenters. The van der Waals surface area contributed by atoms with E-state index < -0.39 is 0 Å². The number of likely N-dealkylation sites (tertiary alicyclic amines) is 1. The third kappa shape index (κ3) is 4.41. The Morgan fingerprint density at radius 3 is 2.81 bits per heavy atom. The molecule has 2 aromatic rings. The van der Waals surface area contributed by atoms with Crippen molar-refractivity contribution in [3.63, 3.8) is 0 Å². The predicted octanol–water partition coefficient (Wildman–Crippen LogP) is 2.29. The predicted molar refractivity (Wildman–Crippen MR) is 101 cm³/mol. The molecule has 1 amide bonds. The molecule has 2 N–H and O–H groups in total. The molecule has 1 aliphatic heterocycles. The van der Waals surface area contributed by atoms with Crippen molar-refractivity contribution in [3.05, 3.63) is 41.7 Å². The second kappa shape index (κ2) is 8.03. The number of aryl methyl sites for hydroxylation is 1. The highest BCUT2D eigenvalue weighted by Crippen LogP contribution is 2.18. The summed E-state index contributed by atoms with van der Waals surface area (Å²) in [4.78, 5) is 18.3. The molecule has 1 fully saturated rings. The van der Waals surface area contributed by atoms with Gasteiger partial charge in [-0.25, -0.2) is 9.66 Å². The number of piperidine rings is 1. The number of imidazole rings is 1. The number of anilines is 1. The summed E-state index contributed by atoms with van der Waals surface area (Å²) in [5.41, 5.74) is 7.36. The number of hydrogen-bond donors (Lipinski definition) is 1. The standard InChI is InChI=1S/C19H25N5O2/c1-14-7-9-23(10-8-14)18(25)13-26-17-6-4-3-5-16(17)11-21-24-12-15(2)22-19(24)20/h3-6,11-12,14H,7-10,13H2,1-2H3,(H2,20,22). The van der Waals surface area contributed by atoms with E-state index >= 15 is 0 Å². The van der Waals surface area contributed by atoms with Gasteiger partial charge in [-0.2, -0.15) is 5.10 Å². The number of para-hydroxylation sites is 1. The molecule has 1 saturated heterocycles. The molecule has 26 heavy (non-hydrogen) atoms. The number of rotatable bonds is 5. The van der Waals surface area contributed by atoms with Gasteiger partial charge in [0.2, 0.25) is 5.95 Å². The minimum absolute atomic E-state index is 0.0260. The highest BCUT2D eigenvalue weighted by molar-refractivity contribution is 5.84. The van der Waals surface area contributed by atoms with Gasteiger partial charge in [-0.15, -0.1) is 0 Å². The van der Waals surface area contributed by atoms with Crippen LogP contribution in [0.25, 0.3) is 0 Å². The normalized spacial score (nSPS) is 15.5. The van der Waals surface area contributed by atoms with E-state index in [1.807, 2.05) is 36.1 Å². The maximum absolute atomic E-state index is 12.4. The average Bonchev–Trinajstić information content (AvgIpc) is 2.96. The van der Waals surface area contributed by atoms with Gasteiger partial charge in [0.05, 0.1) is 18.1 Å². The van der Waals surface area contributed by atoms with E-state index in [1.54, 1.807) is 12.4 Å². The van der Waals surface area contributed by atoms with E-state index in [2.05, 4.69) is 17.0 Å². The third-order valence-corrected chi connectivity index (χ3v) is 4.56. The number of ether oxygens (including phenoxy) is 1. The van der Waals surface area contributed by atoms with Gasteiger partial charge in [0.15, 0.2) is 6.61 Å².